The molecule has 0 aliphatic carbocycles. The Morgan fingerprint density at radius 2 is 2.04 bits per heavy atom. The summed E-state index contributed by atoms with van der Waals surface area (Å²) in [5.74, 6) is 1.20. The van der Waals surface area contributed by atoms with Gasteiger partial charge in [-0.1, -0.05) is 35.5 Å². The quantitative estimate of drug-likeness (QED) is 0.662. The average molecular weight is 367 g/mol. The van der Waals surface area contributed by atoms with Crippen molar-refractivity contribution in [3.63, 3.8) is 0 Å². The van der Waals surface area contributed by atoms with Crippen molar-refractivity contribution in [2.75, 3.05) is 7.05 Å². The van der Waals surface area contributed by atoms with Crippen molar-refractivity contribution in [3.8, 4) is 0 Å². The maximum atomic E-state index is 12.3. The van der Waals surface area contributed by atoms with Crippen LogP contribution in [0.4, 0.5) is 0 Å². The molecule has 0 spiro atoms. The van der Waals surface area contributed by atoms with Crippen LogP contribution in [0.25, 0.3) is 0 Å². The maximum absolute atomic E-state index is 12.3. The van der Waals surface area contributed by atoms with Gasteiger partial charge in [-0.2, -0.15) is 0 Å². The fourth-order valence-electron chi connectivity index (χ4n) is 2.91. The van der Waals surface area contributed by atoms with E-state index < -0.39 is 0 Å². The Morgan fingerprint density at radius 1 is 1.26 bits per heavy atom. The van der Waals surface area contributed by atoms with Crippen LogP contribution in [-0.2, 0) is 19.6 Å². The highest BCUT2D eigenvalue weighted by Crippen LogP contribution is 2.11. The lowest BCUT2D eigenvalue weighted by Crippen LogP contribution is -2.25. The number of amides is 1. The van der Waals surface area contributed by atoms with E-state index >= 15 is 0 Å². The molecule has 2 heterocycles. The second-order valence-electron chi connectivity index (χ2n) is 6.86. The lowest BCUT2D eigenvalue weighted by atomic mass is 10.2. The van der Waals surface area contributed by atoms with Crippen LogP contribution in [0.3, 0.4) is 0 Å². The van der Waals surface area contributed by atoms with Gasteiger partial charge in [-0.3, -0.25) is 9.69 Å². The zero-order valence-corrected chi connectivity index (χ0v) is 15.9. The monoisotopic (exact) mass is 367 g/mol. The first-order valence-electron chi connectivity index (χ1n) is 9.01. The van der Waals surface area contributed by atoms with Crippen molar-refractivity contribution in [1.29, 1.82) is 0 Å². The lowest BCUT2D eigenvalue weighted by molar-refractivity contribution is 0.0940. The zero-order chi connectivity index (χ0) is 19.2. The van der Waals surface area contributed by atoms with Gasteiger partial charge in [0.15, 0.2) is 11.5 Å². The summed E-state index contributed by atoms with van der Waals surface area (Å²) in [6, 6.07) is 12.2. The third-order valence-electron chi connectivity index (χ3n) is 4.22. The molecule has 0 radical (unpaired) electrons. The maximum Gasteiger partial charge on any atom is 0.273 e. The van der Waals surface area contributed by atoms with Gasteiger partial charge < -0.3 is 14.4 Å². The molecule has 0 bridgehead atoms. The molecule has 0 aliphatic heterocycles. The Kier molecular flexibility index (Phi) is 6.03. The number of nitrogens with zero attached hydrogens (tertiary/aromatic N) is 4. The highest BCUT2D eigenvalue weighted by Gasteiger charge is 2.15. The molecule has 7 heteroatoms. The summed E-state index contributed by atoms with van der Waals surface area (Å²) >= 11 is 0. The van der Waals surface area contributed by atoms with E-state index in [1.807, 2.05) is 36.0 Å². The molecule has 27 heavy (non-hydrogen) atoms. The molecule has 1 amide bonds. The summed E-state index contributed by atoms with van der Waals surface area (Å²) in [6.07, 6.45) is 3.64. The number of carbonyl (C=O) groups is 1. The second-order valence-corrected chi connectivity index (χ2v) is 6.86. The van der Waals surface area contributed by atoms with Gasteiger partial charge in [0.25, 0.3) is 5.91 Å². The predicted molar refractivity (Wildman–Crippen MR) is 102 cm³/mol. The van der Waals surface area contributed by atoms with Crippen molar-refractivity contribution in [1.82, 2.24) is 24.9 Å². The molecule has 1 N–H and O–H groups in total. The summed E-state index contributed by atoms with van der Waals surface area (Å²) in [7, 11) is 2.00. The first-order chi connectivity index (χ1) is 13.0. The Bertz CT molecular complexity index is 869. The standard InChI is InChI=1S/C20H25N5O2/c1-15(2)25-10-9-21-19(25)12-22-20(26)18-11-17(27-23-18)14-24(3)13-16-7-5-4-6-8-16/h4-11,15H,12-14H2,1-3H3,(H,22,26). The minimum absolute atomic E-state index is 0.269. The third kappa shape index (κ3) is 5.04. The molecule has 1 aromatic carbocycles. The molecule has 0 fully saturated rings. The van der Waals surface area contributed by atoms with Crippen LogP contribution in [-0.4, -0.2) is 32.6 Å². The molecule has 0 atom stereocenters. The molecule has 142 valence electrons. The van der Waals surface area contributed by atoms with E-state index in [4.69, 9.17) is 4.52 Å². The van der Waals surface area contributed by atoms with E-state index in [2.05, 4.69) is 46.3 Å². The normalized spacial score (nSPS) is 11.3. The van der Waals surface area contributed by atoms with Crippen molar-refractivity contribution in [2.24, 2.45) is 0 Å². The van der Waals surface area contributed by atoms with Gasteiger partial charge in [-0.05, 0) is 26.5 Å². The predicted octanol–water partition coefficient (Wildman–Crippen LogP) is 3.01. The molecule has 0 saturated carbocycles. The number of nitrogens with one attached hydrogen (secondary N) is 1. The molecule has 2 aromatic heterocycles. The van der Waals surface area contributed by atoms with Crippen LogP contribution in [0.15, 0.2) is 53.3 Å². The van der Waals surface area contributed by atoms with Crippen LogP contribution in [0.1, 0.15) is 47.5 Å². The van der Waals surface area contributed by atoms with Gasteiger partial charge in [0.05, 0.1) is 13.1 Å². The molecule has 0 aliphatic rings. The van der Waals surface area contributed by atoms with Gasteiger partial charge in [0.1, 0.15) is 5.82 Å². The first kappa shape index (κ1) is 18.8. The SMILES string of the molecule is CC(C)n1ccnc1CNC(=O)c1cc(CN(C)Cc2ccccc2)on1. The highest BCUT2D eigenvalue weighted by atomic mass is 16.5. The fourth-order valence-corrected chi connectivity index (χ4v) is 2.91. The number of carbonyl (C=O) groups excluding carboxylic acids is 1. The van der Waals surface area contributed by atoms with Gasteiger partial charge in [0.2, 0.25) is 0 Å². The van der Waals surface area contributed by atoms with Gasteiger partial charge in [-0.25, -0.2) is 4.98 Å². The molecule has 0 unspecified atom stereocenters. The summed E-state index contributed by atoms with van der Waals surface area (Å²) in [5.41, 5.74) is 1.50. The Hall–Kier alpha value is -2.93. The van der Waals surface area contributed by atoms with Crippen molar-refractivity contribution >= 4 is 5.91 Å². The van der Waals surface area contributed by atoms with Crippen LogP contribution in [0, 0.1) is 0 Å². The van der Waals surface area contributed by atoms with E-state index in [0.717, 1.165) is 12.4 Å². The van der Waals surface area contributed by atoms with Crippen LogP contribution < -0.4 is 5.32 Å². The molecular formula is C20H25N5O2. The van der Waals surface area contributed by atoms with E-state index in [9.17, 15) is 4.79 Å². The number of imidazole rings is 1. The average Bonchev–Trinajstić information content (AvgIpc) is 3.29. The van der Waals surface area contributed by atoms with E-state index in [1.165, 1.54) is 5.56 Å². The third-order valence-corrected chi connectivity index (χ3v) is 4.22. The first-order valence-corrected chi connectivity index (χ1v) is 9.01. The zero-order valence-electron chi connectivity index (χ0n) is 15.9. The molecule has 3 rings (SSSR count). The number of benzene rings is 1. The highest BCUT2D eigenvalue weighted by molar-refractivity contribution is 5.92. The lowest BCUT2D eigenvalue weighted by Gasteiger charge is -2.14. The number of rotatable bonds is 8. The van der Waals surface area contributed by atoms with Gasteiger partial charge in [-0.15, -0.1) is 0 Å². The van der Waals surface area contributed by atoms with Gasteiger partial charge in [0, 0.05) is 31.0 Å². The van der Waals surface area contributed by atoms with E-state index in [-0.39, 0.29) is 11.6 Å². The van der Waals surface area contributed by atoms with E-state index in [1.54, 1.807) is 12.3 Å². The summed E-state index contributed by atoms with van der Waals surface area (Å²) in [4.78, 5) is 18.7. The molecule has 7 nitrogen and oxygen atoms in total. The largest absolute Gasteiger partial charge is 0.359 e. The summed E-state index contributed by atoms with van der Waals surface area (Å²) in [6.45, 7) is 5.86. The number of aromatic nitrogens is 3. The van der Waals surface area contributed by atoms with E-state index in [0.29, 0.717) is 24.9 Å². The smallest absolute Gasteiger partial charge is 0.273 e. The summed E-state index contributed by atoms with van der Waals surface area (Å²) < 4.78 is 7.34. The molecule has 0 saturated heterocycles. The topological polar surface area (TPSA) is 76.2 Å². The molecular weight excluding hydrogens is 342 g/mol. The fraction of sp³-hybridized carbons (Fsp3) is 0.350. The Morgan fingerprint density at radius 3 is 2.78 bits per heavy atom. The Labute approximate surface area is 159 Å². The second kappa shape index (κ2) is 8.64. The molecule has 3 aromatic rings. The number of hydrogen-bond acceptors (Lipinski definition) is 5. The Balaban J connectivity index is 1.53. The van der Waals surface area contributed by atoms with Crippen molar-refractivity contribution in [2.45, 2.75) is 39.5 Å². The van der Waals surface area contributed by atoms with Crippen LogP contribution in [0.2, 0.25) is 0 Å². The minimum atomic E-state index is -0.269. The number of hydrogen-bond donors (Lipinski definition) is 1. The van der Waals surface area contributed by atoms with Crippen LogP contribution >= 0.6 is 0 Å². The van der Waals surface area contributed by atoms with Crippen molar-refractivity contribution in [3.05, 3.63) is 71.6 Å². The van der Waals surface area contributed by atoms with Gasteiger partial charge >= 0.3 is 0 Å². The minimum Gasteiger partial charge on any atom is -0.359 e. The van der Waals surface area contributed by atoms with Crippen molar-refractivity contribution < 1.29 is 9.32 Å². The summed E-state index contributed by atoms with van der Waals surface area (Å²) in [5, 5.41) is 6.74. The van der Waals surface area contributed by atoms with Crippen LogP contribution in [0.5, 0.6) is 0 Å².